The molecule has 5 heteroatoms. The molecule has 1 aromatic rings. The van der Waals surface area contributed by atoms with E-state index in [9.17, 15) is 9.18 Å². The number of halogens is 1. The normalized spacial score (nSPS) is 21.6. The Labute approximate surface area is 115 Å². The van der Waals surface area contributed by atoms with Gasteiger partial charge in [0.05, 0.1) is 11.8 Å². The third-order valence-electron chi connectivity index (χ3n) is 3.10. The molecule has 1 atom stereocenters. The molecule has 2 aliphatic heterocycles. The van der Waals surface area contributed by atoms with E-state index in [1.165, 1.54) is 24.5 Å². The summed E-state index contributed by atoms with van der Waals surface area (Å²) < 4.78 is 23.9. The fourth-order valence-electron chi connectivity index (χ4n) is 2.19. The summed E-state index contributed by atoms with van der Waals surface area (Å²) in [7, 11) is 0. The minimum atomic E-state index is -0.891. The molecule has 0 amide bonds. The van der Waals surface area contributed by atoms with Gasteiger partial charge in [-0.05, 0) is 36.3 Å². The second-order valence-electron chi connectivity index (χ2n) is 4.44. The molecule has 0 aliphatic carbocycles. The number of hydrogen-bond donors (Lipinski definition) is 1. The van der Waals surface area contributed by atoms with Gasteiger partial charge in [-0.25, -0.2) is 4.39 Å². The molecule has 20 heavy (non-hydrogen) atoms. The third-order valence-corrected chi connectivity index (χ3v) is 3.10. The summed E-state index contributed by atoms with van der Waals surface area (Å²) in [6, 6.07) is 5.69. The van der Waals surface area contributed by atoms with Crippen molar-refractivity contribution in [3.05, 3.63) is 65.7 Å². The van der Waals surface area contributed by atoms with E-state index in [1.54, 1.807) is 12.1 Å². The first-order valence-corrected chi connectivity index (χ1v) is 6.15. The highest BCUT2D eigenvalue weighted by molar-refractivity contribution is 6.25. The highest BCUT2D eigenvalue weighted by atomic mass is 19.1. The van der Waals surface area contributed by atoms with Crippen LogP contribution in [0.2, 0.25) is 0 Å². The Hall–Kier alpha value is -2.56. The molecule has 0 saturated carbocycles. The van der Waals surface area contributed by atoms with Crippen molar-refractivity contribution in [1.82, 2.24) is 0 Å². The van der Waals surface area contributed by atoms with Crippen LogP contribution < -0.4 is 5.73 Å². The van der Waals surface area contributed by atoms with Crippen LogP contribution in [0.3, 0.4) is 0 Å². The number of hydrogen-bond acceptors (Lipinski definition) is 4. The number of benzene rings is 1. The van der Waals surface area contributed by atoms with Gasteiger partial charge in [0.15, 0.2) is 5.88 Å². The highest BCUT2D eigenvalue weighted by Crippen LogP contribution is 2.32. The molecule has 1 unspecified atom stereocenters. The number of carbonyl (C=O) groups is 1. The number of carbonyl (C=O) groups excluding carboxylic acids is 1. The number of allylic oxidation sites excluding steroid dienone is 2. The maximum atomic E-state index is 13.3. The van der Waals surface area contributed by atoms with Crippen molar-refractivity contribution in [2.24, 2.45) is 5.73 Å². The summed E-state index contributed by atoms with van der Waals surface area (Å²) in [6.45, 7) is 0. The number of nitrogens with two attached hydrogens (primary N) is 1. The molecule has 0 radical (unpaired) electrons. The van der Waals surface area contributed by atoms with Gasteiger partial charge in [-0.3, -0.25) is 4.79 Å². The van der Waals surface area contributed by atoms with E-state index in [2.05, 4.69) is 0 Å². The molecule has 0 fully saturated rings. The summed E-state index contributed by atoms with van der Waals surface area (Å²) in [4.78, 5) is 12.4. The van der Waals surface area contributed by atoms with E-state index in [-0.39, 0.29) is 17.2 Å². The topological polar surface area (TPSA) is 61.6 Å². The lowest BCUT2D eigenvalue weighted by Gasteiger charge is -2.15. The van der Waals surface area contributed by atoms with Crippen LogP contribution in [0, 0.1) is 5.82 Å². The van der Waals surface area contributed by atoms with E-state index in [0.717, 1.165) is 0 Å². The molecule has 4 nitrogen and oxygen atoms in total. The maximum Gasteiger partial charge on any atom is 0.220 e. The molecular weight excluding hydrogens is 261 g/mol. The molecule has 1 aromatic carbocycles. The van der Waals surface area contributed by atoms with E-state index in [0.29, 0.717) is 17.7 Å². The number of ether oxygens (including phenoxy) is 2. The second kappa shape index (κ2) is 4.85. The smallest absolute Gasteiger partial charge is 0.220 e. The van der Waals surface area contributed by atoms with Crippen molar-refractivity contribution in [1.29, 1.82) is 0 Å². The summed E-state index contributed by atoms with van der Waals surface area (Å²) in [5, 5.41) is 0. The van der Waals surface area contributed by atoms with Crippen molar-refractivity contribution in [3.63, 3.8) is 0 Å². The van der Waals surface area contributed by atoms with E-state index in [1.807, 2.05) is 6.08 Å². The van der Waals surface area contributed by atoms with Crippen LogP contribution in [0.4, 0.5) is 4.39 Å². The van der Waals surface area contributed by atoms with Crippen LogP contribution in [0.15, 0.2) is 54.3 Å². The molecule has 102 valence electrons. The first-order chi connectivity index (χ1) is 9.66. The van der Waals surface area contributed by atoms with Crippen LogP contribution in [-0.2, 0) is 14.3 Å². The Bertz CT molecular complexity index is 661. The van der Waals surface area contributed by atoms with Gasteiger partial charge in [-0.15, -0.1) is 0 Å². The van der Waals surface area contributed by atoms with Crippen LogP contribution in [0.5, 0.6) is 0 Å². The van der Waals surface area contributed by atoms with Crippen LogP contribution in [-0.4, -0.2) is 11.9 Å². The zero-order valence-electron chi connectivity index (χ0n) is 10.5. The van der Waals surface area contributed by atoms with Gasteiger partial charge < -0.3 is 15.2 Å². The predicted octanol–water partition coefficient (Wildman–Crippen LogP) is 2.24. The number of ketones is 1. The number of Topliss-reactive ketones (excluding diaryl/α,β-unsaturated/α-hetero) is 1. The van der Waals surface area contributed by atoms with Crippen molar-refractivity contribution in [2.75, 3.05) is 0 Å². The van der Waals surface area contributed by atoms with Crippen molar-refractivity contribution in [2.45, 2.75) is 12.5 Å². The minimum absolute atomic E-state index is 0.00958. The lowest BCUT2D eigenvalue weighted by atomic mass is 9.99. The summed E-state index contributed by atoms with van der Waals surface area (Å²) in [6.07, 6.45) is 4.84. The molecule has 0 bridgehead atoms. The van der Waals surface area contributed by atoms with Crippen LogP contribution >= 0.6 is 0 Å². The molecule has 2 heterocycles. The first kappa shape index (κ1) is 12.5. The fourth-order valence-corrected chi connectivity index (χ4v) is 2.19. The summed E-state index contributed by atoms with van der Waals surface area (Å²) >= 11 is 0. The van der Waals surface area contributed by atoms with E-state index < -0.39 is 11.9 Å². The van der Waals surface area contributed by atoms with E-state index in [4.69, 9.17) is 15.2 Å². The van der Waals surface area contributed by atoms with E-state index >= 15 is 0 Å². The zero-order chi connectivity index (χ0) is 14.1. The Kier molecular flexibility index (Phi) is 3.02. The average molecular weight is 273 g/mol. The monoisotopic (exact) mass is 273 g/mol. The Morgan fingerprint density at radius 3 is 2.90 bits per heavy atom. The largest absolute Gasteiger partial charge is 0.466 e. The summed E-state index contributed by atoms with van der Waals surface area (Å²) in [5.74, 6) is -0.360. The molecule has 3 rings (SSSR count). The number of rotatable bonds is 2. The van der Waals surface area contributed by atoms with Crippen LogP contribution in [0.25, 0.3) is 5.57 Å². The van der Waals surface area contributed by atoms with Crippen molar-refractivity contribution >= 4 is 11.4 Å². The first-order valence-electron chi connectivity index (χ1n) is 6.15. The quantitative estimate of drug-likeness (QED) is 0.897. The zero-order valence-corrected chi connectivity index (χ0v) is 10.5. The van der Waals surface area contributed by atoms with Crippen LogP contribution in [0.1, 0.15) is 12.0 Å². The fraction of sp³-hybridized carbons (Fsp3) is 0.133. The third kappa shape index (κ3) is 2.07. The molecular formula is C15H12FNO3. The second-order valence-corrected chi connectivity index (χ2v) is 4.44. The molecule has 2 aliphatic rings. The standard InChI is InChI=1S/C15H12FNO3/c16-10-5-3-4-9(8-10)12-13(18)14(20-15(12)17)11-6-1-2-7-19-11/h2-8,14H,1,17H2. The Morgan fingerprint density at radius 2 is 2.20 bits per heavy atom. The predicted molar refractivity (Wildman–Crippen MR) is 70.3 cm³/mol. The van der Waals surface area contributed by atoms with Gasteiger partial charge in [0.2, 0.25) is 11.9 Å². The van der Waals surface area contributed by atoms with Crippen molar-refractivity contribution in [3.8, 4) is 0 Å². The molecule has 0 saturated heterocycles. The van der Waals surface area contributed by atoms with Gasteiger partial charge in [0.25, 0.3) is 0 Å². The maximum absolute atomic E-state index is 13.3. The lowest BCUT2D eigenvalue weighted by Crippen LogP contribution is -2.22. The lowest BCUT2D eigenvalue weighted by molar-refractivity contribution is -0.119. The molecule has 0 aromatic heterocycles. The van der Waals surface area contributed by atoms with Gasteiger partial charge in [0.1, 0.15) is 11.6 Å². The van der Waals surface area contributed by atoms with Crippen molar-refractivity contribution < 1.29 is 18.7 Å². The Balaban J connectivity index is 1.91. The molecule has 2 N–H and O–H groups in total. The van der Waals surface area contributed by atoms with Gasteiger partial charge in [0, 0.05) is 0 Å². The average Bonchev–Trinajstić information content (AvgIpc) is 2.75. The Morgan fingerprint density at radius 1 is 1.35 bits per heavy atom. The van der Waals surface area contributed by atoms with Gasteiger partial charge in [-0.2, -0.15) is 0 Å². The van der Waals surface area contributed by atoms with Gasteiger partial charge in [-0.1, -0.05) is 12.1 Å². The summed E-state index contributed by atoms with van der Waals surface area (Å²) in [5.41, 5.74) is 6.35. The minimum Gasteiger partial charge on any atom is -0.466 e. The molecule has 0 spiro atoms. The highest BCUT2D eigenvalue weighted by Gasteiger charge is 2.38. The van der Waals surface area contributed by atoms with Gasteiger partial charge >= 0.3 is 0 Å². The SMILES string of the molecule is NC1=C(c2cccc(F)c2)C(=O)C(C2=CCC=CO2)O1.